The van der Waals surface area contributed by atoms with E-state index in [2.05, 4.69) is 15.6 Å². The van der Waals surface area contributed by atoms with E-state index in [1.807, 2.05) is 89.9 Å². The number of likely N-dealkylation sites (tertiary alicyclic amines) is 1. The predicted octanol–water partition coefficient (Wildman–Crippen LogP) is 4.42. The van der Waals surface area contributed by atoms with Crippen molar-refractivity contribution in [1.29, 1.82) is 0 Å². The second-order valence-corrected chi connectivity index (χ2v) is 17.2. The number of aliphatic hydroxyl groups is 1. The van der Waals surface area contributed by atoms with Crippen LogP contribution in [0.15, 0.2) is 48.7 Å². The number of methoxy groups -OCH3 is 2. The Bertz CT molecular complexity index is 1650. The predicted molar refractivity (Wildman–Crippen MR) is 231 cm³/mol. The van der Waals surface area contributed by atoms with E-state index in [0.717, 1.165) is 18.4 Å². The summed E-state index contributed by atoms with van der Waals surface area (Å²) < 4.78 is 12.0. The van der Waals surface area contributed by atoms with E-state index in [4.69, 9.17) is 15.2 Å². The highest BCUT2D eigenvalue weighted by Crippen LogP contribution is 2.30. The molecule has 2 aromatic rings. The van der Waals surface area contributed by atoms with Gasteiger partial charge in [0.2, 0.25) is 23.6 Å². The molecule has 59 heavy (non-hydrogen) atoms. The summed E-state index contributed by atoms with van der Waals surface area (Å²) in [5.41, 5.74) is 7.54. The second kappa shape index (κ2) is 23.0. The molecule has 4 amide bonds. The first-order valence-electron chi connectivity index (χ1n) is 21.2. The van der Waals surface area contributed by atoms with Gasteiger partial charge in [-0.25, -0.2) is 4.98 Å². The second-order valence-electron chi connectivity index (χ2n) is 17.2. The molecule has 1 aliphatic heterocycles. The third-order valence-electron chi connectivity index (χ3n) is 12.1. The Hall–Kier alpha value is -4.11. The first-order chi connectivity index (χ1) is 27.9. The minimum atomic E-state index is -0.887. The van der Waals surface area contributed by atoms with Crippen LogP contribution < -0.4 is 16.4 Å². The van der Waals surface area contributed by atoms with Gasteiger partial charge >= 0.3 is 0 Å². The molecule has 0 radical (unpaired) electrons. The van der Waals surface area contributed by atoms with Crippen LogP contribution in [-0.4, -0.2) is 126 Å². The fraction of sp³-hybridized carbons (Fsp3) is 0.667. The maximum absolute atomic E-state index is 14.5. The summed E-state index contributed by atoms with van der Waals surface area (Å²) in [6.45, 7) is 16.4. The molecule has 1 fully saturated rings. The van der Waals surface area contributed by atoms with Crippen LogP contribution >= 0.6 is 0 Å². The van der Waals surface area contributed by atoms with Gasteiger partial charge in [-0.05, 0) is 67.8 Å². The van der Waals surface area contributed by atoms with Gasteiger partial charge < -0.3 is 40.7 Å². The minimum absolute atomic E-state index is 0.00931. The van der Waals surface area contributed by atoms with Gasteiger partial charge in [0, 0.05) is 40.6 Å². The van der Waals surface area contributed by atoms with Gasteiger partial charge in [-0.2, -0.15) is 0 Å². The van der Waals surface area contributed by atoms with E-state index in [1.165, 1.54) is 0 Å². The first-order valence-corrected chi connectivity index (χ1v) is 21.2. The molecule has 10 atom stereocenters. The lowest BCUT2D eigenvalue weighted by atomic mass is 9.89. The summed E-state index contributed by atoms with van der Waals surface area (Å²) in [5.74, 6) is -1.49. The van der Waals surface area contributed by atoms with Gasteiger partial charge in [0.15, 0.2) is 0 Å². The maximum atomic E-state index is 14.5. The molecule has 0 aliphatic carbocycles. The summed E-state index contributed by atoms with van der Waals surface area (Å²) >= 11 is 0. The molecule has 1 saturated heterocycles. The molecule has 14 nitrogen and oxygen atoms in total. The van der Waals surface area contributed by atoms with Crippen molar-refractivity contribution in [3.8, 4) is 0 Å². The average Bonchev–Trinajstić information content (AvgIpc) is 3.68. The van der Waals surface area contributed by atoms with Crippen molar-refractivity contribution in [3.05, 3.63) is 59.8 Å². The number of pyridine rings is 1. The molecule has 1 aliphatic rings. The fourth-order valence-corrected chi connectivity index (χ4v) is 8.64. The van der Waals surface area contributed by atoms with Gasteiger partial charge in [0.25, 0.3) is 0 Å². The Morgan fingerprint density at radius 2 is 1.61 bits per heavy atom. The first kappa shape index (κ1) is 49.3. The Morgan fingerprint density at radius 1 is 0.949 bits per heavy atom. The van der Waals surface area contributed by atoms with Gasteiger partial charge in [0.1, 0.15) is 11.9 Å². The number of carbonyl (C=O) groups is 4. The zero-order valence-electron chi connectivity index (χ0n) is 37.6. The van der Waals surface area contributed by atoms with Crippen LogP contribution in [0, 0.1) is 23.7 Å². The smallest absolute Gasteiger partial charge is 0.245 e. The number of nitrogens with two attached hydrogens (primary N) is 1. The summed E-state index contributed by atoms with van der Waals surface area (Å²) in [6.07, 6.45) is 1.65. The minimum Gasteiger partial charge on any atom is -0.386 e. The molecule has 1 aromatic heterocycles. The Kier molecular flexibility index (Phi) is 19.2. The van der Waals surface area contributed by atoms with Gasteiger partial charge in [0.05, 0.1) is 54.8 Å². The standard InChI is InChI=1S/C45H73N7O7/c1-13-29(6)40(51(10)45(57)38(27(2)3)49-44(56)39(28(4)5)50(9)26-32-21-22-47-36(46)24-32)35(58-11)25-37(53)52-23-17-20-34(52)42(59-12)30(7)43(55)48-31(8)41(54)33-18-15-14-16-19-33/h14-16,18-19,21-22,24,27-31,34-35,38-42,54H,13,17,20,23,25-26H2,1-12H3,(H2,46,47)(H,48,55)(H,49,56)/t29-,30+,31+,34?,35+,38?,39?,40-,41+,42+/m0/s1. The monoisotopic (exact) mass is 824 g/mol. The van der Waals surface area contributed by atoms with E-state index < -0.39 is 48.4 Å². The molecule has 5 N–H and O–H groups in total. The Morgan fingerprint density at radius 3 is 2.17 bits per heavy atom. The van der Waals surface area contributed by atoms with Crippen molar-refractivity contribution in [1.82, 2.24) is 30.3 Å². The molecule has 3 unspecified atom stereocenters. The number of amides is 4. The molecule has 330 valence electrons. The summed E-state index contributed by atoms with van der Waals surface area (Å²) in [5, 5.41) is 16.9. The van der Waals surface area contributed by atoms with Crippen molar-refractivity contribution >= 4 is 29.4 Å². The Labute approximate surface area is 352 Å². The van der Waals surface area contributed by atoms with E-state index in [1.54, 1.807) is 57.2 Å². The number of aliphatic hydroxyl groups excluding tert-OH is 1. The van der Waals surface area contributed by atoms with Crippen molar-refractivity contribution in [2.24, 2.45) is 23.7 Å². The zero-order valence-corrected chi connectivity index (χ0v) is 37.6. The highest BCUT2D eigenvalue weighted by molar-refractivity contribution is 5.90. The van der Waals surface area contributed by atoms with Crippen molar-refractivity contribution in [3.63, 3.8) is 0 Å². The molecule has 3 rings (SSSR count). The molecule has 0 saturated carbocycles. The maximum Gasteiger partial charge on any atom is 0.245 e. The lowest BCUT2D eigenvalue weighted by molar-refractivity contribution is -0.148. The molecule has 2 heterocycles. The van der Waals surface area contributed by atoms with Gasteiger partial charge in [-0.3, -0.25) is 24.1 Å². The van der Waals surface area contributed by atoms with E-state index in [9.17, 15) is 24.3 Å². The summed E-state index contributed by atoms with van der Waals surface area (Å²) in [4.78, 5) is 65.9. The molecule has 0 spiro atoms. The molecule has 14 heteroatoms. The quantitative estimate of drug-likeness (QED) is 0.133. The lowest BCUT2D eigenvalue weighted by Crippen LogP contribution is -2.60. The number of aromatic nitrogens is 1. The highest BCUT2D eigenvalue weighted by atomic mass is 16.5. The normalized spacial score (nSPS) is 19.1. The SMILES string of the molecule is CC[C@H](C)[C@@H]([C@@H](CC(=O)N1CCCC1[C@H](OC)[C@@H](C)C(=O)N[C@H](C)[C@@H](O)c1ccccc1)OC)N(C)C(=O)C(NC(=O)C(C(C)C)N(C)Cc1ccnc(N)c1)C(C)C. The number of benzene rings is 1. The van der Waals surface area contributed by atoms with Crippen molar-refractivity contribution in [2.45, 2.75) is 136 Å². The van der Waals surface area contributed by atoms with Crippen LogP contribution in [0.4, 0.5) is 5.82 Å². The molecular formula is C45H73N7O7. The number of hydrogen-bond donors (Lipinski definition) is 4. The molecule has 1 aromatic carbocycles. The summed E-state index contributed by atoms with van der Waals surface area (Å²) in [6, 6.07) is 10.1. The summed E-state index contributed by atoms with van der Waals surface area (Å²) in [7, 11) is 6.72. The van der Waals surface area contributed by atoms with Crippen LogP contribution in [0.3, 0.4) is 0 Å². The van der Waals surface area contributed by atoms with E-state index in [0.29, 0.717) is 30.9 Å². The number of nitrogens with one attached hydrogen (secondary N) is 2. The fourth-order valence-electron chi connectivity index (χ4n) is 8.64. The number of likely N-dealkylation sites (N-methyl/N-ethyl adjacent to an activating group) is 2. The average molecular weight is 824 g/mol. The number of anilines is 1. The lowest BCUT2D eigenvalue weighted by Gasteiger charge is -2.41. The van der Waals surface area contributed by atoms with Gasteiger partial charge in [-0.1, -0.05) is 85.2 Å². The zero-order chi connectivity index (χ0) is 44.1. The van der Waals surface area contributed by atoms with Crippen LogP contribution in [-0.2, 0) is 35.2 Å². The molecular weight excluding hydrogens is 751 g/mol. The van der Waals surface area contributed by atoms with E-state index >= 15 is 0 Å². The van der Waals surface area contributed by atoms with Crippen LogP contribution in [0.5, 0.6) is 0 Å². The van der Waals surface area contributed by atoms with Crippen LogP contribution in [0.25, 0.3) is 0 Å². The Balaban J connectivity index is 1.77. The van der Waals surface area contributed by atoms with Gasteiger partial charge in [-0.15, -0.1) is 0 Å². The number of nitrogen functional groups attached to an aromatic ring is 1. The van der Waals surface area contributed by atoms with Crippen LogP contribution in [0.1, 0.15) is 98.3 Å². The van der Waals surface area contributed by atoms with Crippen molar-refractivity contribution in [2.75, 3.05) is 40.6 Å². The topological polar surface area (TPSA) is 180 Å². The number of rotatable bonds is 22. The number of hydrogen-bond acceptors (Lipinski definition) is 10. The third kappa shape index (κ3) is 12.9. The largest absolute Gasteiger partial charge is 0.386 e. The highest BCUT2D eigenvalue weighted by Gasteiger charge is 2.43. The van der Waals surface area contributed by atoms with E-state index in [-0.39, 0.29) is 53.8 Å². The van der Waals surface area contributed by atoms with Crippen molar-refractivity contribution < 1.29 is 33.8 Å². The third-order valence-corrected chi connectivity index (χ3v) is 12.1. The number of carbonyl (C=O) groups excluding carboxylic acids is 4. The van der Waals surface area contributed by atoms with Crippen LogP contribution in [0.2, 0.25) is 0 Å². The number of nitrogens with zero attached hydrogens (tertiary/aromatic N) is 4. The number of ether oxygens (including phenoxy) is 2. The molecule has 0 bridgehead atoms.